The van der Waals surface area contributed by atoms with Crippen LogP contribution in [-0.2, 0) is 19.6 Å². The summed E-state index contributed by atoms with van der Waals surface area (Å²) < 4.78 is 27.5. The van der Waals surface area contributed by atoms with E-state index < -0.39 is 15.9 Å². The maximum absolute atomic E-state index is 12.8. The van der Waals surface area contributed by atoms with Crippen LogP contribution in [0.1, 0.15) is 23.2 Å². The Bertz CT molecular complexity index is 1360. The Hall–Kier alpha value is -3.79. The van der Waals surface area contributed by atoms with Crippen molar-refractivity contribution in [1.82, 2.24) is 9.97 Å². The van der Waals surface area contributed by atoms with Gasteiger partial charge in [-0.05, 0) is 68.3 Å². The summed E-state index contributed by atoms with van der Waals surface area (Å²) in [7, 11) is -3.88. The fraction of sp³-hybridized carbons (Fsp3) is 0.250. The Labute approximate surface area is 198 Å². The number of anilines is 3. The number of amides is 2. The summed E-state index contributed by atoms with van der Waals surface area (Å²) >= 11 is 0. The Morgan fingerprint density at radius 3 is 2.50 bits per heavy atom. The lowest BCUT2D eigenvalue weighted by Crippen LogP contribution is -2.28. The third-order valence-electron chi connectivity index (χ3n) is 5.60. The number of carbonyl (C=O) groups excluding carboxylic acids is 2. The molecule has 0 radical (unpaired) electrons. The van der Waals surface area contributed by atoms with E-state index in [0.717, 1.165) is 16.8 Å². The monoisotopic (exact) mass is 479 g/mol. The van der Waals surface area contributed by atoms with Gasteiger partial charge in [0.25, 0.3) is 10.0 Å². The molecule has 0 aliphatic carbocycles. The van der Waals surface area contributed by atoms with Crippen LogP contribution in [0.5, 0.6) is 0 Å². The van der Waals surface area contributed by atoms with Crippen molar-refractivity contribution in [2.75, 3.05) is 21.5 Å². The Morgan fingerprint density at radius 1 is 1.06 bits per heavy atom. The number of aryl methyl sites for hydroxylation is 3. The number of benzene rings is 2. The summed E-state index contributed by atoms with van der Waals surface area (Å²) in [5.41, 5.74) is 3.90. The van der Waals surface area contributed by atoms with Gasteiger partial charge in [0.2, 0.25) is 17.8 Å². The molecule has 4 rings (SSSR count). The molecular weight excluding hydrogens is 454 g/mol. The highest BCUT2D eigenvalue weighted by atomic mass is 32.2. The largest absolute Gasteiger partial charge is 0.326 e. The van der Waals surface area contributed by atoms with Gasteiger partial charge in [-0.2, -0.15) is 0 Å². The molecule has 0 saturated carbocycles. The highest BCUT2D eigenvalue weighted by Crippen LogP contribution is 2.29. The van der Waals surface area contributed by atoms with Crippen LogP contribution in [0.15, 0.2) is 59.6 Å². The van der Waals surface area contributed by atoms with E-state index in [-0.39, 0.29) is 29.1 Å². The van der Waals surface area contributed by atoms with Gasteiger partial charge in [-0.25, -0.2) is 23.1 Å². The Kier molecular flexibility index (Phi) is 6.34. The molecule has 2 heterocycles. The van der Waals surface area contributed by atoms with Gasteiger partial charge < -0.3 is 10.2 Å². The van der Waals surface area contributed by atoms with Gasteiger partial charge in [0.15, 0.2) is 0 Å². The fourth-order valence-corrected chi connectivity index (χ4v) is 4.72. The van der Waals surface area contributed by atoms with E-state index in [1.807, 2.05) is 32.0 Å². The van der Waals surface area contributed by atoms with E-state index in [4.69, 9.17) is 0 Å². The maximum atomic E-state index is 12.8. The van der Waals surface area contributed by atoms with Crippen LogP contribution in [0.3, 0.4) is 0 Å². The van der Waals surface area contributed by atoms with Crippen LogP contribution in [0, 0.1) is 26.7 Å². The molecule has 1 aliphatic heterocycles. The highest BCUT2D eigenvalue weighted by Gasteiger charge is 2.35. The summed E-state index contributed by atoms with van der Waals surface area (Å²) in [5.74, 6) is -0.907. The molecule has 1 fully saturated rings. The van der Waals surface area contributed by atoms with Crippen molar-refractivity contribution >= 4 is 39.2 Å². The number of nitrogens with zero attached hydrogens (tertiary/aromatic N) is 3. The lowest BCUT2D eigenvalue weighted by molar-refractivity contribution is -0.122. The molecule has 0 spiro atoms. The maximum Gasteiger partial charge on any atom is 0.264 e. The van der Waals surface area contributed by atoms with E-state index in [2.05, 4.69) is 20.0 Å². The zero-order valence-electron chi connectivity index (χ0n) is 19.1. The van der Waals surface area contributed by atoms with Crippen molar-refractivity contribution < 1.29 is 18.0 Å². The molecule has 0 bridgehead atoms. The lowest BCUT2D eigenvalue weighted by Gasteiger charge is -2.19. The third-order valence-corrected chi connectivity index (χ3v) is 6.95. The van der Waals surface area contributed by atoms with Crippen molar-refractivity contribution in [3.05, 3.63) is 71.5 Å². The molecule has 1 atom stereocenters. The molecule has 34 heavy (non-hydrogen) atoms. The minimum atomic E-state index is -3.88. The highest BCUT2D eigenvalue weighted by molar-refractivity contribution is 7.92. The number of nitrogens with one attached hydrogen (secondary N) is 2. The smallest absolute Gasteiger partial charge is 0.264 e. The van der Waals surface area contributed by atoms with Crippen LogP contribution >= 0.6 is 0 Å². The van der Waals surface area contributed by atoms with Crippen LogP contribution in [0.25, 0.3) is 0 Å². The van der Waals surface area contributed by atoms with Crippen LogP contribution in [0.4, 0.5) is 17.3 Å². The van der Waals surface area contributed by atoms with Crippen molar-refractivity contribution in [3.8, 4) is 0 Å². The Balaban J connectivity index is 1.42. The number of hydrogen-bond acceptors (Lipinski definition) is 6. The molecule has 1 aromatic heterocycles. The molecule has 3 aromatic rings. The predicted molar refractivity (Wildman–Crippen MR) is 129 cm³/mol. The number of carbonyl (C=O) groups is 2. The van der Waals surface area contributed by atoms with Crippen LogP contribution < -0.4 is 14.9 Å². The first-order chi connectivity index (χ1) is 16.1. The SMILES string of the molecule is Cc1ccc(C)c(N2CC(C(=O)Nc3ccc(S(=O)(=O)Nc4nccc(C)n4)cc3)CC2=O)c1. The van der Waals surface area contributed by atoms with E-state index >= 15 is 0 Å². The summed E-state index contributed by atoms with van der Waals surface area (Å²) in [6.45, 7) is 5.92. The minimum absolute atomic E-state index is 0.00717. The van der Waals surface area contributed by atoms with Gasteiger partial charge in [0.05, 0.1) is 10.8 Å². The topological polar surface area (TPSA) is 121 Å². The third kappa shape index (κ3) is 5.07. The summed E-state index contributed by atoms with van der Waals surface area (Å²) in [6.07, 6.45) is 1.58. The average Bonchev–Trinajstić information content (AvgIpc) is 3.17. The molecule has 1 unspecified atom stereocenters. The molecule has 10 heteroatoms. The lowest BCUT2D eigenvalue weighted by atomic mass is 10.1. The fourth-order valence-electron chi connectivity index (χ4n) is 3.77. The normalized spacial score (nSPS) is 15.9. The van der Waals surface area contributed by atoms with Gasteiger partial charge in [-0.1, -0.05) is 12.1 Å². The minimum Gasteiger partial charge on any atom is -0.326 e. The summed E-state index contributed by atoms with van der Waals surface area (Å²) in [4.78, 5) is 35.0. The van der Waals surface area contributed by atoms with E-state index in [9.17, 15) is 18.0 Å². The quantitative estimate of drug-likeness (QED) is 0.560. The number of rotatable bonds is 6. The summed E-state index contributed by atoms with van der Waals surface area (Å²) in [6, 6.07) is 13.3. The van der Waals surface area contributed by atoms with Gasteiger partial charge in [0, 0.05) is 36.2 Å². The molecule has 176 valence electrons. The zero-order chi connectivity index (χ0) is 24.5. The Morgan fingerprint density at radius 2 is 1.79 bits per heavy atom. The van der Waals surface area contributed by atoms with Crippen molar-refractivity contribution in [3.63, 3.8) is 0 Å². The molecule has 1 aliphatic rings. The first kappa shape index (κ1) is 23.4. The second-order valence-electron chi connectivity index (χ2n) is 8.34. The number of aromatic nitrogens is 2. The second-order valence-corrected chi connectivity index (χ2v) is 10.0. The molecule has 2 aromatic carbocycles. The summed E-state index contributed by atoms with van der Waals surface area (Å²) in [5, 5.41) is 2.78. The first-order valence-corrected chi connectivity index (χ1v) is 12.2. The standard InChI is InChI=1S/C24H25N5O4S/c1-15-4-5-16(2)21(12-15)29-14-18(13-22(29)30)23(31)27-19-6-8-20(9-7-19)34(32,33)28-24-25-11-10-17(3)26-24/h4-12,18H,13-14H2,1-3H3,(H,27,31)(H,25,26,28). The first-order valence-electron chi connectivity index (χ1n) is 10.7. The number of hydrogen-bond donors (Lipinski definition) is 2. The van der Waals surface area contributed by atoms with Gasteiger partial charge >= 0.3 is 0 Å². The van der Waals surface area contributed by atoms with E-state index in [0.29, 0.717) is 17.9 Å². The molecular formula is C24H25N5O4S. The molecule has 1 saturated heterocycles. The van der Waals surface area contributed by atoms with Gasteiger partial charge in [-0.15, -0.1) is 0 Å². The van der Waals surface area contributed by atoms with E-state index in [1.54, 1.807) is 17.9 Å². The van der Waals surface area contributed by atoms with Crippen molar-refractivity contribution in [2.45, 2.75) is 32.1 Å². The molecule has 2 amide bonds. The van der Waals surface area contributed by atoms with E-state index in [1.165, 1.54) is 30.5 Å². The molecule has 9 nitrogen and oxygen atoms in total. The van der Waals surface area contributed by atoms with Crippen molar-refractivity contribution in [1.29, 1.82) is 0 Å². The van der Waals surface area contributed by atoms with Crippen molar-refractivity contribution in [2.24, 2.45) is 5.92 Å². The van der Waals surface area contributed by atoms with Crippen LogP contribution in [0.2, 0.25) is 0 Å². The molecule has 2 N–H and O–H groups in total. The second kappa shape index (κ2) is 9.22. The zero-order valence-corrected chi connectivity index (χ0v) is 19.9. The van der Waals surface area contributed by atoms with Gasteiger partial charge in [0.1, 0.15) is 0 Å². The van der Waals surface area contributed by atoms with Crippen LogP contribution in [-0.4, -0.2) is 36.7 Å². The number of sulfonamides is 1. The van der Waals surface area contributed by atoms with Gasteiger partial charge in [-0.3, -0.25) is 9.59 Å². The average molecular weight is 480 g/mol. The predicted octanol–water partition coefficient (Wildman–Crippen LogP) is 3.19.